The lowest BCUT2D eigenvalue weighted by atomic mass is 10.0. The maximum atomic E-state index is 13.3. The molecule has 2 amide bonds. The summed E-state index contributed by atoms with van der Waals surface area (Å²) in [6.07, 6.45) is 1.47. The number of carboxylic acids is 1. The lowest BCUT2D eigenvalue weighted by Crippen LogP contribution is -2.44. The van der Waals surface area contributed by atoms with Crippen LogP contribution in [0.4, 0.5) is 0 Å². The number of esters is 2. The fraction of sp³-hybridized carbons (Fsp3) is 0.258. The van der Waals surface area contributed by atoms with Crippen LogP contribution in [0, 0.1) is 0 Å². The van der Waals surface area contributed by atoms with Gasteiger partial charge in [0.05, 0.1) is 13.5 Å². The molecular formula is C31H32N2O8. The molecule has 0 aliphatic rings. The predicted molar refractivity (Wildman–Crippen MR) is 152 cm³/mol. The van der Waals surface area contributed by atoms with Gasteiger partial charge in [0.25, 0.3) is 5.91 Å². The van der Waals surface area contributed by atoms with Crippen molar-refractivity contribution in [1.29, 1.82) is 0 Å². The minimum absolute atomic E-state index is 0.0176. The second-order valence-corrected chi connectivity index (χ2v) is 9.37. The van der Waals surface area contributed by atoms with Crippen LogP contribution in [0.3, 0.4) is 0 Å². The molecule has 0 saturated carbocycles. The zero-order valence-corrected chi connectivity index (χ0v) is 22.6. The van der Waals surface area contributed by atoms with Crippen LogP contribution in [-0.2, 0) is 35.1 Å². The third-order valence-corrected chi connectivity index (χ3v) is 6.27. The molecule has 0 aromatic heterocycles. The minimum atomic E-state index is -1.20. The number of nitrogens with two attached hydrogens (primary N) is 1. The molecule has 41 heavy (non-hydrogen) atoms. The molecule has 10 heteroatoms. The molecule has 4 N–H and O–H groups in total. The molecule has 214 valence electrons. The lowest BCUT2D eigenvalue weighted by molar-refractivity contribution is -0.153. The van der Waals surface area contributed by atoms with Crippen LogP contribution in [0.5, 0.6) is 0 Å². The second-order valence-electron chi connectivity index (χ2n) is 9.37. The summed E-state index contributed by atoms with van der Waals surface area (Å²) in [4.78, 5) is 60.9. The van der Waals surface area contributed by atoms with Crippen molar-refractivity contribution in [3.05, 3.63) is 89.5 Å². The van der Waals surface area contributed by atoms with E-state index >= 15 is 0 Å². The van der Waals surface area contributed by atoms with Gasteiger partial charge in [0.15, 0.2) is 0 Å². The van der Waals surface area contributed by atoms with Crippen LogP contribution in [0.1, 0.15) is 47.2 Å². The van der Waals surface area contributed by atoms with Crippen molar-refractivity contribution in [3.63, 3.8) is 0 Å². The van der Waals surface area contributed by atoms with E-state index in [0.717, 1.165) is 22.4 Å². The number of amides is 2. The van der Waals surface area contributed by atoms with Gasteiger partial charge in [-0.25, -0.2) is 9.59 Å². The standard InChI is InChI=1S/C31H32N2O8/c1-40-29(37)16-15-22-8-4-5-10-25(22)30(38)33-26(11-6-12-28(35)36)31(39)41-24(19-27(32)34)18-20-13-14-21-7-2-3-9-23(21)17-20/h2-5,7-10,13-17,24,26H,6,11-12,18-19H2,1H3,(H2,32,34)(H,33,38)(H,35,36)/b16-15+/t24-,26-/m0/s1. The Bertz CT molecular complexity index is 1450. The van der Waals surface area contributed by atoms with Gasteiger partial charge in [0, 0.05) is 24.5 Å². The molecule has 3 rings (SSSR count). The molecule has 3 aromatic rings. The van der Waals surface area contributed by atoms with E-state index in [-0.39, 0.29) is 37.7 Å². The predicted octanol–water partition coefficient (Wildman–Crippen LogP) is 3.41. The number of ether oxygens (including phenoxy) is 2. The van der Waals surface area contributed by atoms with Gasteiger partial charge in [-0.2, -0.15) is 0 Å². The zero-order valence-electron chi connectivity index (χ0n) is 22.6. The van der Waals surface area contributed by atoms with E-state index in [9.17, 15) is 24.0 Å². The molecule has 0 saturated heterocycles. The first kappa shape index (κ1) is 30.6. The van der Waals surface area contributed by atoms with Gasteiger partial charge in [-0.05, 0) is 46.9 Å². The quantitative estimate of drug-likeness (QED) is 0.200. The summed E-state index contributed by atoms with van der Waals surface area (Å²) in [7, 11) is 1.23. The van der Waals surface area contributed by atoms with E-state index in [1.54, 1.807) is 18.2 Å². The van der Waals surface area contributed by atoms with Crippen molar-refractivity contribution in [2.45, 2.75) is 44.2 Å². The number of hydrogen-bond acceptors (Lipinski definition) is 7. The zero-order chi connectivity index (χ0) is 29.8. The number of rotatable bonds is 14. The van der Waals surface area contributed by atoms with Crippen LogP contribution in [-0.4, -0.2) is 54.1 Å². The fourth-order valence-electron chi connectivity index (χ4n) is 4.27. The monoisotopic (exact) mass is 560 g/mol. The molecule has 0 heterocycles. The molecule has 2 atom stereocenters. The van der Waals surface area contributed by atoms with Gasteiger partial charge in [-0.1, -0.05) is 60.7 Å². The number of fused-ring (bicyclic) bond motifs is 1. The third kappa shape index (κ3) is 9.61. The molecule has 0 bridgehead atoms. The molecule has 10 nitrogen and oxygen atoms in total. The molecule has 0 aliphatic carbocycles. The van der Waals surface area contributed by atoms with Gasteiger partial charge in [0.2, 0.25) is 5.91 Å². The van der Waals surface area contributed by atoms with E-state index in [1.807, 2.05) is 42.5 Å². The third-order valence-electron chi connectivity index (χ3n) is 6.27. The summed E-state index contributed by atoms with van der Waals surface area (Å²) in [5, 5.41) is 13.7. The topological polar surface area (TPSA) is 162 Å². The molecular weight excluding hydrogens is 528 g/mol. The number of primary amides is 1. The SMILES string of the molecule is COC(=O)/C=C/c1ccccc1C(=O)N[C@@H](CCCC(=O)O)C(=O)O[C@H](CC(N)=O)Cc1ccc2ccccc2c1. The fourth-order valence-corrected chi connectivity index (χ4v) is 4.27. The Balaban J connectivity index is 1.80. The van der Waals surface area contributed by atoms with Gasteiger partial charge in [-0.3, -0.25) is 14.4 Å². The average Bonchev–Trinajstić information content (AvgIpc) is 2.94. The normalized spacial score (nSPS) is 12.4. The highest BCUT2D eigenvalue weighted by Gasteiger charge is 2.27. The maximum absolute atomic E-state index is 13.3. The maximum Gasteiger partial charge on any atom is 0.330 e. The summed E-state index contributed by atoms with van der Waals surface area (Å²) in [6.45, 7) is 0. The highest BCUT2D eigenvalue weighted by molar-refractivity contribution is 6.00. The van der Waals surface area contributed by atoms with E-state index < -0.39 is 41.9 Å². The van der Waals surface area contributed by atoms with Crippen LogP contribution in [0.15, 0.2) is 72.8 Å². The van der Waals surface area contributed by atoms with Gasteiger partial charge >= 0.3 is 17.9 Å². The number of hydrogen-bond donors (Lipinski definition) is 3. The highest BCUT2D eigenvalue weighted by Crippen LogP contribution is 2.19. The molecule has 0 unspecified atom stereocenters. The second kappa shape index (κ2) is 15.0. The Morgan fingerprint density at radius 2 is 1.68 bits per heavy atom. The van der Waals surface area contributed by atoms with Crippen molar-refractivity contribution in [1.82, 2.24) is 5.32 Å². The number of carbonyl (C=O) groups excluding carboxylic acids is 4. The van der Waals surface area contributed by atoms with E-state index in [0.29, 0.717) is 5.56 Å². The van der Waals surface area contributed by atoms with Crippen molar-refractivity contribution < 1.29 is 38.6 Å². The first-order valence-corrected chi connectivity index (χ1v) is 13.0. The number of carbonyl (C=O) groups is 5. The first-order valence-electron chi connectivity index (χ1n) is 13.0. The number of carboxylic acid groups (broad SMARTS) is 1. The molecule has 0 fully saturated rings. The van der Waals surface area contributed by atoms with Crippen LogP contribution < -0.4 is 11.1 Å². The highest BCUT2D eigenvalue weighted by atomic mass is 16.5. The van der Waals surface area contributed by atoms with E-state index in [1.165, 1.54) is 19.3 Å². The molecule has 0 aliphatic heterocycles. The lowest BCUT2D eigenvalue weighted by Gasteiger charge is -2.23. The molecule has 0 radical (unpaired) electrons. The number of benzene rings is 3. The summed E-state index contributed by atoms with van der Waals surface area (Å²) >= 11 is 0. The molecule has 3 aromatic carbocycles. The summed E-state index contributed by atoms with van der Waals surface area (Å²) in [6, 6.07) is 18.7. The van der Waals surface area contributed by atoms with Gasteiger partial charge < -0.3 is 25.6 Å². The average molecular weight is 561 g/mol. The van der Waals surface area contributed by atoms with Crippen molar-refractivity contribution in [3.8, 4) is 0 Å². The molecule has 0 spiro atoms. The summed E-state index contributed by atoms with van der Waals surface area (Å²) in [5.41, 5.74) is 6.83. The van der Waals surface area contributed by atoms with E-state index in [2.05, 4.69) is 10.1 Å². The Labute approximate surface area is 237 Å². The van der Waals surface area contributed by atoms with Gasteiger partial charge in [-0.15, -0.1) is 0 Å². The summed E-state index contributed by atoms with van der Waals surface area (Å²) in [5.74, 6) is -3.78. The van der Waals surface area contributed by atoms with Crippen LogP contribution in [0.25, 0.3) is 16.8 Å². The number of methoxy groups -OCH3 is 1. The minimum Gasteiger partial charge on any atom is -0.481 e. The Hall–Kier alpha value is -4.99. The Kier molecular flexibility index (Phi) is 11.2. The number of aliphatic carboxylic acids is 1. The Morgan fingerprint density at radius 1 is 0.976 bits per heavy atom. The smallest absolute Gasteiger partial charge is 0.330 e. The van der Waals surface area contributed by atoms with E-state index in [4.69, 9.17) is 15.6 Å². The summed E-state index contributed by atoms with van der Waals surface area (Å²) < 4.78 is 10.3. The van der Waals surface area contributed by atoms with Crippen molar-refractivity contribution in [2.24, 2.45) is 5.73 Å². The van der Waals surface area contributed by atoms with Crippen LogP contribution in [0.2, 0.25) is 0 Å². The Morgan fingerprint density at radius 3 is 2.39 bits per heavy atom. The van der Waals surface area contributed by atoms with Crippen LogP contribution >= 0.6 is 0 Å². The number of nitrogens with one attached hydrogen (secondary N) is 1. The van der Waals surface area contributed by atoms with Crippen molar-refractivity contribution in [2.75, 3.05) is 7.11 Å². The largest absolute Gasteiger partial charge is 0.481 e. The first-order chi connectivity index (χ1) is 19.7. The van der Waals surface area contributed by atoms with Crippen molar-refractivity contribution >= 4 is 46.6 Å². The van der Waals surface area contributed by atoms with Gasteiger partial charge in [0.1, 0.15) is 12.1 Å².